The Morgan fingerprint density at radius 3 is 2.48 bits per heavy atom. The van der Waals surface area contributed by atoms with Gasteiger partial charge in [0.25, 0.3) is 0 Å². The molecule has 0 saturated heterocycles. The predicted molar refractivity (Wildman–Crippen MR) is 88.6 cm³/mol. The van der Waals surface area contributed by atoms with Gasteiger partial charge in [-0.2, -0.15) is 13.2 Å². The first-order chi connectivity index (χ1) is 11.9. The van der Waals surface area contributed by atoms with E-state index in [4.69, 9.17) is 16.3 Å². The van der Waals surface area contributed by atoms with Crippen LogP contribution in [-0.4, -0.2) is 16.2 Å². The molecule has 3 nitrogen and oxygen atoms in total. The summed E-state index contributed by atoms with van der Waals surface area (Å²) in [7, 11) is 0. The molecule has 1 aromatic heterocycles. The monoisotopic (exact) mass is 364 g/mol. The molecule has 0 spiro atoms. The Labute approximate surface area is 146 Å². The quantitative estimate of drug-likeness (QED) is 0.587. The molecule has 0 amide bonds. The smallest absolute Gasteiger partial charge is 0.416 e. The van der Waals surface area contributed by atoms with Crippen LogP contribution in [0.2, 0.25) is 5.15 Å². The van der Waals surface area contributed by atoms with Crippen molar-refractivity contribution in [2.24, 2.45) is 0 Å². The van der Waals surface area contributed by atoms with Gasteiger partial charge in [-0.1, -0.05) is 29.8 Å². The standard InChI is InChI=1S/C18H12ClF3N2O/c19-16-10-23-17-14-9-12(3-6-15(14)25-8-7-24(16)17)11-1-4-13(5-2-11)18(20,21)22/h1-6,9-10H,7-8H2. The number of ether oxygens (including phenoxy) is 1. The fraction of sp³-hybridized carbons (Fsp3) is 0.167. The van der Waals surface area contributed by atoms with Crippen molar-refractivity contribution in [3.8, 4) is 28.3 Å². The molecule has 0 bridgehead atoms. The normalized spacial score (nSPS) is 13.6. The molecule has 4 rings (SSSR count). The minimum Gasteiger partial charge on any atom is -0.491 e. The van der Waals surface area contributed by atoms with Crippen LogP contribution in [0, 0.1) is 0 Å². The Balaban J connectivity index is 1.78. The minimum atomic E-state index is -4.35. The Morgan fingerprint density at radius 1 is 1.04 bits per heavy atom. The van der Waals surface area contributed by atoms with Crippen LogP contribution < -0.4 is 4.74 Å². The number of hydrogen-bond donors (Lipinski definition) is 0. The molecular weight excluding hydrogens is 353 g/mol. The van der Waals surface area contributed by atoms with Gasteiger partial charge in [0, 0.05) is 0 Å². The zero-order chi connectivity index (χ0) is 17.6. The summed E-state index contributed by atoms with van der Waals surface area (Å²) in [6, 6.07) is 10.6. The third-order valence-corrected chi connectivity index (χ3v) is 4.45. The number of hydrogen-bond acceptors (Lipinski definition) is 2. The van der Waals surface area contributed by atoms with E-state index >= 15 is 0 Å². The molecule has 0 aliphatic carbocycles. The molecule has 0 radical (unpaired) electrons. The van der Waals surface area contributed by atoms with Gasteiger partial charge >= 0.3 is 6.18 Å². The van der Waals surface area contributed by atoms with Crippen LogP contribution in [-0.2, 0) is 12.7 Å². The molecule has 0 N–H and O–H groups in total. The van der Waals surface area contributed by atoms with Crippen molar-refractivity contribution in [2.45, 2.75) is 12.7 Å². The molecule has 3 aromatic rings. The van der Waals surface area contributed by atoms with Gasteiger partial charge < -0.3 is 9.30 Å². The van der Waals surface area contributed by atoms with Crippen molar-refractivity contribution in [3.05, 3.63) is 59.4 Å². The number of rotatable bonds is 1. The van der Waals surface area contributed by atoms with Gasteiger partial charge in [0.2, 0.25) is 0 Å². The van der Waals surface area contributed by atoms with E-state index < -0.39 is 11.7 Å². The number of imidazole rings is 1. The molecule has 0 saturated carbocycles. The van der Waals surface area contributed by atoms with Crippen LogP contribution in [0.5, 0.6) is 5.75 Å². The summed E-state index contributed by atoms with van der Waals surface area (Å²) < 4.78 is 45.7. The molecule has 7 heteroatoms. The summed E-state index contributed by atoms with van der Waals surface area (Å²) in [6.07, 6.45) is -2.77. The van der Waals surface area contributed by atoms with E-state index in [0.717, 1.165) is 23.3 Å². The third kappa shape index (κ3) is 2.87. The van der Waals surface area contributed by atoms with Gasteiger partial charge in [0.05, 0.1) is 23.9 Å². The van der Waals surface area contributed by atoms with Crippen LogP contribution >= 0.6 is 11.6 Å². The van der Waals surface area contributed by atoms with Crippen LogP contribution in [0.3, 0.4) is 0 Å². The molecule has 2 heterocycles. The van der Waals surface area contributed by atoms with Crippen LogP contribution in [0.4, 0.5) is 13.2 Å². The molecule has 1 aliphatic heterocycles. The summed E-state index contributed by atoms with van der Waals surface area (Å²) in [5.74, 6) is 1.36. The first-order valence-corrected chi connectivity index (χ1v) is 7.97. The maximum absolute atomic E-state index is 12.7. The molecule has 0 unspecified atom stereocenters. The van der Waals surface area contributed by atoms with Crippen molar-refractivity contribution in [1.29, 1.82) is 0 Å². The van der Waals surface area contributed by atoms with Crippen LogP contribution in [0.25, 0.3) is 22.5 Å². The second kappa shape index (κ2) is 5.81. The largest absolute Gasteiger partial charge is 0.491 e. The van der Waals surface area contributed by atoms with Crippen LogP contribution in [0.1, 0.15) is 5.56 Å². The zero-order valence-corrected chi connectivity index (χ0v) is 13.6. The van der Waals surface area contributed by atoms with E-state index in [9.17, 15) is 13.2 Å². The fourth-order valence-corrected chi connectivity index (χ4v) is 3.10. The SMILES string of the molecule is FC(F)(F)c1ccc(-c2ccc3c(c2)-c2ncc(Cl)n2CCO3)cc1. The average Bonchev–Trinajstić information content (AvgIpc) is 2.85. The fourth-order valence-electron chi connectivity index (χ4n) is 2.89. The number of aromatic nitrogens is 2. The topological polar surface area (TPSA) is 27.1 Å². The second-order valence-corrected chi connectivity index (χ2v) is 6.08. The maximum Gasteiger partial charge on any atom is 0.416 e. The van der Waals surface area contributed by atoms with Crippen molar-refractivity contribution in [1.82, 2.24) is 9.55 Å². The molecular formula is C18H12ClF3N2O. The van der Waals surface area contributed by atoms with Gasteiger partial charge in [-0.3, -0.25) is 0 Å². The van der Waals surface area contributed by atoms with Gasteiger partial charge in [0.15, 0.2) is 0 Å². The van der Waals surface area contributed by atoms with Crippen molar-refractivity contribution >= 4 is 11.6 Å². The number of alkyl halides is 3. The zero-order valence-electron chi connectivity index (χ0n) is 12.8. The van der Waals surface area contributed by atoms with Gasteiger partial charge in [0.1, 0.15) is 23.3 Å². The third-order valence-electron chi connectivity index (χ3n) is 4.15. The molecule has 2 aromatic carbocycles. The van der Waals surface area contributed by atoms with Gasteiger partial charge in [-0.15, -0.1) is 0 Å². The van der Waals surface area contributed by atoms with E-state index in [-0.39, 0.29) is 0 Å². The molecule has 128 valence electrons. The van der Waals surface area contributed by atoms with Crippen molar-refractivity contribution in [2.75, 3.05) is 6.61 Å². The summed E-state index contributed by atoms with van der Waals surface area (Å²) >= 11 is 6.15. The Morgan fingerprint density at radius 2 is 1.76 bits per heavy atom. The van der Waals surface area contributed by atoms with Crippen LogP contribution in [0.15, 0.2) is 48.7 Å². The predicted octanol–water partition coefficient (Wildman–Crippen LogP) is 5.28. The lowest BCUT2D eigenvalue weighted by Crippen LogP contribution is -2.05. The maximum atomic E-state index is 12.7. The number of benzene rings is 2. The van der Waals surface area contributed by atoms with Gasteiger partial charge in [-0.05, 0) is 35.4 Å². The Hall–Kier alpha value is -2.47. The first kappa shape index (κ1) is 16.0. The molecule has 25 heavy (non-hydrogen) atoms. The van der Waals surface area contributed by atoms with E-state index in [0.29, 0.717) is 35.4 Å². The lowest BCUT2D eigenvalue weighted by Gasteiger charge is -2.11. The first-order valence-electron chi connectivity index (χ1n) is 7.59. The van der Waals surface area contributed by atoms with E-state index in [1.54, 1.807) is 12.3 Å². The average molecular weight is 365 g/mol. The van der Waals surface area contributed by atoms with E-state index in [1.165, 1.54) is 12.1 Å². The van der Waals surface area contributed by atoms with E-state index in [1.807, 2.05) is 16.7 Å². The minimum absolute atomic E-state index is 0.468. The summed E-state index contributed by atoms with van der Waals surface area (Å²) in [6.45, 7) is 1.05. The highest BCUT2D eigenvalue weighted by Crippen LogP contribution is 2.37. The highest BCUT2D eigenvalue weighted by Gasteiger charge is 2.30. The number of halogens is 4. The highest BCUT2D eigenvalue weighted by molar-refractivity contribution is 6.29. The number of nitrogens with zero attached hydrogens (tertiary/aromatic N) is 2. The number of fused-ring (bicyclic) bond motifs is 3. The van der Waals surface area contributed by atoms with Gasteiger partial charge in [-0.25, -0.2) is 4.98 Å². The molecule has 0 fully saturated rings. The van der Waals surface area contributed by atoms with E-state index in [2.05, 4.69) is 4.98 Å². The Kier molecular flexibility index (Phi) is 3.72. The Bertz CT molecular complexity index is 932. The second-order valence-electron chi connectivity index (χ2n) is 5.69. The van der Waals surface area contributed by atoms with Crippen molar-refractivity contribution < 1.29 is 17.9 Å². The molecule has 0 atom stereocenters. The summed E-state index contributed by atoms with van der Waals surface area (Å²) in [5.41, 5.74) is 1.56. The highest BCUT2D eigenvalue weighted by atomic mass is 35.5. The lowest BCUT2D eigenvalue weighted by molar-refractivity contribution is -0.137. The summed E-state index contributed by atoms with van der Waals surface area (Å²) in [4.78, 5) is 4.34. The lowest BCUT2D eigenvalue weighted by atomic mass is 10.0. The molecule has 1 aliphatic rings. The van der Waals surface area contributed by atoms with Crippen molar-refractivity contribution in [3.63, 3.8) is 0 Å². The summed E-state index contributed by atoms with van der Waals surface area (Å²) in [5, 5.41) is 0.520.